The van der Waals surface area contributed by atoms with Gasteiger partial charge in [-0.3, -0.25) is 14.4 Å². The van der Waals surface area contributed by atoms with Gasteiger partial charge in [0.2, 0.25) is 11.8 Å². The molecule has 3 aliphatic carbocycles. The smallest absolute Gasteiger partial charge is 0.238 e. The number of carbonyl (C=O) groups is 3. The predicted molar refractivity (Wildman–Crippen MR) is 79.4 cm³/mol. The van der Waals surface area contributed by atoms with Crippen LogP contribution in [0.3, 0.4) is 0 Å². The van der Waals surface area contributed by atoms with E-state index in [2.05, 4.69) is 15.9 Å². The van der Waals surface area contributed by atoms with E-state index in [4.69, 9.17) is 0 Å². The van der Waals surface area contributed by atoms with E-state index >= 15 is 0 Å². The number of amides is 2. The maximum absolute atomic E-state index is 14.2. The van der Waals surface area contributed by atoms with Crippen LogP contribution in [0.15, 0.2) is 16.6 Å². The maximum atomic E-state index is 14.2. The van der Waals surface area contributed by atoms with E-state index in [1.807, 2.05) is 0 Å². The van der Waals surface area contributed by atoms with Gasteiger partial charge in [-0.05, 0) is 30.9 Å². The summed E-state index contributed by atoms with van der Waals surface area (Å²) in [5.41, 5.74) is -0.635. The zero-order valence-electron chi connectivity index (χ0n) is 11.9. The van der Waals surface area contributed by atoms with Crippen molar-refractivity contribution in [3.05, 3.63) is 28.2 Å². The number of hydrogen-bond donors (Lipinski definition) is 0. The van der Waals surface area contributed by atoms with Crippen LogP contribution in [0, 0.1) is 35.3 Å². The Labute approximate surface area is 139 Å². The molecule has 120 valence electrons. The van der Waals surface area contributed by atoms with Crippen molar-refractivity contribution >= 4 is 39.2 Å². The summed E-state index contributed by atoms with van der Waals surface area (Å²) in [5.74, 6) is -5.26. The molecule has 5 rings (SSSR count). The third-order valence-corrected chi connectivity index (χ3v) is 5.73. The molecule has 4 aliphatic rings. The van der Waals surface area contributed by atoms with Crippen LogP contribution in [0.5, 0.6) is 0 Å². The van der Waals surface area contributed by atoms with Crippen molar-refractivity contribution in [3.8, 4) is 0 Å². The largest absolute Gasteiger partial charge is 0.299 e. The van der Waals surface area contributed by atoms with Gasteiger partial charge < -0.3 is 0 Å². The second-order valence-corrected chi connectivity index (χ2v) is 7.31. The summed E-state index contributed by atoms with van der Waals surface area (Å²) < 4.78 is 28.6. The zero-order chi connectivity index (χ0) is 16.5. The van der Waals surface area contributed by atoms with Gasteiger partial charge in [0.15, 0.2) is 11.6 Å². The Morgan fingerprint density at radius 2 is 1.61 bits per heavy atom. The highest BCUT2D eigenvalue weighted by Gasteiger charge is 2.61. The number of ketones is 1. The summed E-state index contributed by atoms with van der Waals surface area (Å²) in [6.07, 6.45) is 1.56. The van der Waals surface area contributed by atoms with Crippen molar-refractivity contribution in [2.24, 2.45) is 23.7 Å². The van der Waals surface area contributed by atoms with Gasteiger partial charge in [0.05, 0.1) is 11.8 Å². The highest BCUT2D eigenvalue weighted by atomic mass is 79.9. The van der Waals surface area contributed by atoms with Crippen molar-refractivity contribution in [3.63, 3.8) is 0 Å². The topological polar surface area (TPSA) is 54.5 Å². The molecule has 4 nitrogen and oxygen atoms in total. The average Bonchev–Trinajstić information content (AvgIpc) is 2.74. The quantitative estimate of drug-likeness (QED) is 0.700. The van der Waals surface area contributed by atoms with E-state index in [0.29, 0.717) is 17.7 Å². The van der Waals surface area contributed by atoms with E-state index in [9.17, 15) is 23.2 Å². The number of rotatable bonds is 1. The molecule has 0 spiro atoms. The summed E-state index contributed by atoms with van der Waals surface area (Å²) in [6, 6.07) is 2.03. The minimum Gasteiger partial charge on any atom is -0.299 e. The lowest BCUT2D eigenvalue weighted by atomic mass is 9.59. The van der Waals surface area contributed by atoms with Gasteiger partial charge in [-0.15, -0.1) is 0 Å². The zero-order valence-corrected chi connectivity index (χ0v) is 13.5. The first-order valence-corrected chi connectivity index (χ1v) is 8.24. The van der Waals surface area contributed by atoms with Crippen molar-refractivity contribution in [2.75, 3.05) is 4.90 Å². The number of fused-ring (bicyclic) bond motifs is 2. The molecule has 0 N–H and O–H groups in total. The highest BCUT2D eigenvalue weighted by Crippen LogP contribution is 2.52. The Morgan fingerprint density at radius 1 is 1.00 bits per heavy atom. The Kier molecular flexibility index (Phi) is 3.20. The molecule has 0 radical (unpaired) electrons. The number of nitrogens with zero attached hydrogens (tertiary/aromatic N) is 1. The number of carbonyl (C=O) groups excluding carboxylic acids is 3. The van der Waals surface area contributed by atoms with Gasteiger partial charge >= 0.3 is 0 Å². The van der Waals surface area contributed by atoms with Crippen LogP contribution in [0.4, 0.5) is 14.5 Å². The lowest BCUT2D eigenvalue weighted by Crippen LogP contribution is -2.46. The van der Waals surface area contributed by atoms with E-state index in [1.54, 1.807) is 0 Å². The summed E-state index contributed by atoms with van der Waals surface area (Å²) in [5, 5.41) is 0. The molecule has 2 amide bonds. The molecule has 23 heavy (non-hydrogen) atoms. The standard InChI is InChI=1S/C16H12BrF2NO3/c17-7-4-9(18)14(10(19)5-7)20-15(22)12-6-1-2-8(11(21)3-6)13(12)16(20)23/h4-6,8,12-13H,1-3H2/t6-,8+,12+,13?/m0/s1. The highest BCUT2D eigenvalue weighted by molar-refractivity contribution is 9.10. The summed E-state index contributed by atoms with van der Waals surface area (Å²) in [6.45, 7) is 0. The number of imide groups is 1. The first-order chi connectivity index (χ1) is 10.9. The van der Waals surface area contributed by atoms with Gasteiger partial charge in [-0.1, -0.05) is 15.9 Å². The van der Waals surface area contributed by atoms with Gasteiger partial charge in [-0.25, -0.2) is 13.7 Å². The Hall–Kier alpha value is -1.63. The summed E-state index contributed by atoms with van der Waals surface area (Å²) in [7, 11) is 0. The fourth-order valence-corrected chi connectivity index (χ4v) is 4.75. The maximum Gasteiger partial charge on any atom is 0.238 e. The third-order valence-electron chi connectivity index (χ3n) is 5.27. The molecule has 1 aliphatic heterocycles. The van der Waals surface area contributed by atoms with Crippen LogP contribution in [0.1, 0.15) is 19.3 Å². The molecule has 1 aromatic rings. The molecule has 2 bridgehead atoms. The molecule has 7 heteroatoms. The van der Waals surface area contributed by atoms with E-state index in [1.165, 1.54) is 0 Å². The van der Waals surface area contributed by atoms with E-state index < -0.39 is 46.9 Å². The average molecular weight is 384 g/mol. The van der Waals surface area contributed by atoms with Crippen LogP contribution in [0.2, 0.25) is 0 Å². The molecule has 3 saturated carbocycles. The van der Waals surface area contributed by atoms with Crippen LogP contribution in [-0.4, -0.2) is 17.6 Å². The van der Waals surface area contributed by atoms with E-state index in [0.717, 1.165) is 12.1 Å². The fraction of sp³-hybridized carbons (Fsp3) is 0.438. The lowest BCUT2D eigenvalue weighted by molar-refractivity contribution is -0.143. The Balaban J connectivity index is 1.82. The summed E-state index contributed by atoms with van der Waals surface area (Å²) in [4.78, 5) is 38.0. The second-order valence-electron chi connectivity index (χ2n) is 6.40. The molecular weight excluding hydrogens is 372 g/mol. The first-order valence-electron chi connectivity index (χ1n) is 7.45. The number of halogens is 3. The van der Waals surface area contributed by atoms with Gasteiger partial charge in [0.1, 0.15) is 11.5 Å². The Bertz CT molecular complexity index is 743. The molecule has 0 aromatic heterocycles. The molecule has 4 atom stereocenters. The summed E-state index contributed by atoms with van der Waals surface area (Å²) >= 11 is 2.97. The van der Waals surface area contributed by atoms with Gasteiger partial charge in [0, 0.05) is 16.8 Å². The van der Waals surface area contributed by atoms with Crippen LogP contribution in [0.25, 0.3) is 0 Å². The molecule has 4 fully saturated rings. The van der Waals surface area contributed by atoms with Gasteiger partial charge in [-0.2, -0.15) is 0 Å². The predicted octanol–water partition coefficient (Wildman–Crippen LogP) is 2.83. The number of hydrogen-bond acceptors (Lipinski definition) is 3. The third kappa shape index (κ3) is 1.95. The molecule has 1 saturated heterocycles. The normalized spacial score (nSPS) is 32.7. The van der Waals surface area contributed by atoms with E-state index in [-0.39, 0.29) is 22.6 Å². The van der Waals surface area contributed by atoms with Crippen LogP contribution < -0.4 is 4.90 Å². The van der Waals surface area contributed by atoms with Crippen LogP contribution in [-0.2, 0) is 14.4 Å². The van der Waals surface area contributed by atoms with Crippen LogP contribution >= 0.6 is 15.9 Å². The molecule has 1 unspecified atom stereocenters. The van der Waals surface area contributed by atoms with Crippen molar-refractivity contribution in [1.29, 1.82) is 0 Å². The molecule has 1 heterocycles. The first kappa shape index (κ1) is 14.9. The van der Waals surface area contributed by atoms with Crippen molar-refractivity contribution < 1.29 is 23.2 Å². The minimum atomic E-state index is -0.976. The van der Waals surface area contributed by atoms with Gasteiger partial charge in [0.25, 0.3) is 0 Å². The SMILES string of the molecule is O=C1C[C@@H]2CC[C@H]1C1C(=O)N(c3c(F)cc(Br)cc3F)C(=O)[C@@H]12. The minimum absolute atomic E-state index is 0.0118. The second kappa shape index (κ2) is 4.93. The number of anilines is 1. The van der Waals surface area contributed by atoms with Crippen molar-refractivity contribution in [1.82, 2.24) is 0 Å². The Morgan fingerprint density at radius 3 is 2.22 bits per heavy atom. The lowest BCUT2D eigenvalue weighted by Gasteiger charge is -2.41. The van der Waals surface area contributed by atoms with Crippen molar-refractivity contribution in [2.45, 2.75) is 19.3 Å². The fourth-order valence-electron chi connectivity index (χ4n) is 4.35. The number of Topliss-reactive ketones (excluding diaryl/α,β-unsaturated/α-hetero) is 1. The monoisotopic (exact) mass is 383 g/mol. The molecular formula is C16H12BrF2NO3. The number of benzene rings is 1. The molecule has 1 aromatic carbocycles.